The molecule has 0 saturated carbocycles. The van der Waals surface area contributed by atoms with Crippen LogP contribution in [0.2, 0.25) is 0 Å². The van der Waals surface area contributed by atoms with Crippen LogP contribution in [0, 0.1) is 20.2 Å². The zero-order valence-corrected chi connectivity index (χ0v) is 20.5. The van der Waals surface area contributed by atoms with Crippen LogP contribution < -0.4 is 10.6 Å². The van der Waals surface area contributed by atoms with E-state index in [1.807, 2.05) is 0 Å². The summed E-state index contributed by atoms with van der Waals surface area (Å²) in [5, 5.41) is 37.9. The van der Waals surface area contributed by atoms with Gasteiger partial charge in [0.2, 0.25) is 11.8 Å². The van der Waals surface area contributed by atoms with E-state index in [0.717, 1.165) is 0 Å². The van der Waals surface area contributed by atoms with E-state index < -0.39 is 9.85 Å². The summed E-state index contributed by atoms with van der Waals surface area (Å²) >= 11 is 0. The van der Waals surface area contributed by atoms with Crippen molar-refractivity contribution < 1.29 is 14.3 Å². The van der Waals surface area contributed by atoms with Crippen LogP contribution in [0.1, 0.15) is 0 Å². The number of nitrogens with zero attached hydrogens (tertiary/aromatic N) is 9. The number of hydrogen-bond donors (Lipinski definition) is 2. The Labute approximate surface area is 222 Å². The monoisotopic (exact) mass is 539 g/mol. The summed E-state index contributed by atoms with van der Waals surface area (Å²) in [6, 6.07) is 14.9. The van der Waals surface area contributed by atoms with Crippen molar-refractivity contribution >= 4 is 51.3 Å². The zero-order chi connectivity index (χ0) is 27.8. The Balaban J connectivity index is 1.47. The summed E-state index contributed by atoms with van der Waals surface area (Å²) < 4.78 is 8.50. The number of rotatable bonds is 6. The van der Waals surface area contributed by atoms with E-state index in [-0.39, 0.29) is 23.3 Å². The predicted molar refractivity (Wildman–Crippen MR) is 143 cm³/mol. The molecule has 4 aromatic heterocycles. The van der Waals surface area contributed by atoms with Crippen LogP contribution in [-0.2, 0) is 7.05 Å². The summed E-state index contributed by atoms with van der Waals surface area (Å²) in [6.07, 6.45) is 3.27. The van der Waals surface area contributed by atoms with Crippen molar-refractivity contribution in [1.82, 2.24) is 29.4 Å². The third-order valence-electron chi connectivity index (χ3n) is 5.69. The van der Waals surface area contributed by atoms with Crippen LogP contribution in [0.5, 0.6) is 0 Å². The van der Waals surface area contributed by atoms with Gasteiger partial charge >= 0.3 is 0 Å². The first-order valence-electron chi connectivity index (χ1n) is 11.6. The molecule has 0 atom stereocenters. The molecule has 0 unspecified atom stereocenters. The molecular formula is C24H17N11O5. The fourth-order valence-corrected chi connectivity index (χ4v) is 3.86. The number of benzene rings is 2. The minimum atomic E-state index is -0.502. The molecule has 0 radical (unpaired) electrons. The molecule has 198 valence electrons. The van der Waals surface area contributed by atoms with Gasteiger partial charge in [0.15, 0.2) is 17.1 Å². The summed E-state index contributed by atoms with van der Waals surface area (Å²) in [6.45, 7) is 0. The fraction of sp³-hybridized carbons (Fsp3) is 0.0417. The Hall–Kier alpha value is -6.19. The Bertz CT molecular complexity index is 1850. The van der Waals surface area contributed by atoms with Gasteiger partial charge in [0, 0.05) is 48.9 Å². The number of nitro groups is 2. The lowest BCUT2D eigenvalue weighted by Gasteiger charge is -2.12. The quantitative estimate of drug-likeness (QED) is 0.132. The second-order valence-corrected chi connectivity index (χ2v) is 8.42. The topological polar surface area (TPSA) is 197 Å². The number of fused-ring (bicyclic) bond motifs is 3. The highest BCUT2D eigenvalue weighted by molar-refractivity contribution is 6.05. The summed E-state index contributed by atoms with van der Waals surface area (Å²) in [5.74, 6) is 1.00. The molecule has 16 nitrogen and oxygen atoms in total. The molecule has 0 bridgehead atoms. The van der Waals surface area contributed by atoms with E-state index in [9.17, 15) is 20.2 Å². The molecule has 4 heterocycles. The molecule has 0 aliphatic carbocycles. The first-order valence-corrected chi connectivity index (χ1v) is 11.6. The number of furan rings is 1. The number of nitro benzene ring substituents is 2. The molecule has 6 rings (SSSR count). The number of nitrogens with one attached hydrogen (secondary N) is 2. The maximum Gasteiger partial charge on any atom is 0.269 e. The molecule has 40 heavy (non-hydrogen) atoms. The van der Waals surface area contributed by atoms with Gasteiger partial charge in [-0.25, -0.2) is 4.98 Å². The molecule has 0 aliphatic rings. The molecule has 0 spiro atoms. The van der Waals surface area contributed by atoms with Crippen molar-refractivity contribution in [3.8, 4) is 11.6 Å². The highest BCUT2D eigenvalue weighted by Crippen LogP contribution is 2.26. The number of aryl methyl sites for hydroxylation is 1. The molecule has 0 aliphatic heterocycles. The minimum absolute atomic E-state index is 0.0792. The van der Waals surface area contributed by atoms with Crippen LogP contribution in [0.25, 0.3) is 28.3 Å². The Morgan fingerprint density at radius 1 is 0.900 bits per heavy atom. The molecule has 0 amide bonds. The van der Waals surface area contributed by atoms with Crippen molar-refractivity contribution in [3.63, 3.8) is 0 Å². The number of aromatic nitrogens is 6. The fourth-order valence-electron chi connectivity index (χ4n) is 3.86. The number of anilines is 2. The van der Waals surface area contributed by atoms with Gasteiger partial charge in [-0.15, -0.1) is 5.10 Å². The van der Waals surface area contributed by atoms with Gasteiger partial charge in [0.05, 0.1) is 21.5 Å². The van der Waals surface area contributed by atoms with Crippen molar-refractivity contribution in [2.75, 3.05) is 10.6 Å². The summed E-state index contributed by atoms with van der Waals surface area (Å²) in [7, 11) is 1.75. The van der Waals surface area contributed by atoms with E-state index in [1.165, 1.54) is 59.3 Å². The third kappa shape index (κ3) is 4.62. The second kappa shape index (κ2) is 9.60. The molecule has 6 aromatic rings. The smallest absolute Gasteiger partial charge is 0.269 e. The number of hydrogen-bond acceptors (Lipinski definition) is 10. The van der Waals surface area contributed by atoms with Crippen LogP contribution >= 0.6 is 0 Å². The first kappa shape index (κ1) is 24.2. The van der Waals surface area contributed by atoms with Gasteiger partial charge in [0.1, 0.15) is 0 Å². The van der Waals surface area contributed by atoms with Gasteiger partial charge < -0.3 is 15.1 Å². The molecule has 16 heteroatoms. The van der Waals surface area contributed by atoms with Crippen LogP contribution in [0.15, 0.2) is 82.5 Å². The SMILES string of the molecule is Cn1cc2c(nc(N=C(Nc3ccc([N+](=O)[O-])cc3)Nc3ccc([N+](=O)[O-])cc3)n3nc(-c4ccco4)nc23)n1. The zero-order valence-electron chi connectivity index (χ0n) is 20.5. The Kier molecular flexibility index (Phi) is 5.80. The Morgan fingerprint density at radius 3 is 2.08 bits per heavy atom. The van der Waals surface area contributed by atoms with Gasteiger partial charge in [-0.1, -0.05) is 0 Å². The average molecular weight is 539 g/mol. The van der Waals surface area contributed by atoms with E-state index in [4.69, 9.17) is 4.42 Å². The van der Waals surface area contributed by atoms with Crippen LogP contribution in [0.3, 0.4) is 0 Å². The third-order valence-corrected chi connectivity index (χ3v) is 5.69. The van der Waals surface area contributed by atoms with Crippen LogP contribution in [-0.4, -0.2) is 45.2 Å². The maximum absolute atomic E-state index is 11.1. The lowest BCUT2D eigenvalue weighted by molar-refractivity contribution is -0.385. The molecule has 0 fully saturated rings. The summed E-state index contributed by atoms with van der Waals surface area (Å²) in [5.41, 5.74) is 1.60. The number of non-ortho nitro benzene ring substituents is 2. The number of guanidine groups is 1. The van der Waals surface area contributed by atoms with Crippen molar-refractivity contribution in [1.29, 1.82) is 0 Å². The Morgan fingerprint density at radius 2 is 1.52 bits per heavy atom. The normalized spacial score (nSPS) is 11.0. The van der Waals surface area contributed by atoms with Crippen LogP contribution in [0.4, 0.5) is 28.7 Å². The second-order valence-electron chi connectivity index (χ2n) is 8.42. The molecule has 2 N–H and O–H groups in total. The molecule has 0 saturated heterocycles. The highest BCUT2D eigenvalue weighted by Gasteiger charge is 2.18. The molecule has 2 aromatic carbocycles. The summed E-state index contributed by atoms with van der Waals surface area (Å²) in [4.78, 5) is 35.0. The van der Waals surface area contributed by atoms with Crippen molar-refractivity contribution in [2.24, 2.45) is 12.0 Å². The van der Waals surface area contributed by atoms with Crippen molar-refractivity contribution in [3.05, 3.63) is 93.4 Å². The largest absolute Gasteiger partial charge is 0.461 e. The highest BCUT2D eigenvalue weighted by atomic mass is 16.6. The minimum Gasteiger partial charge on any atom is -0.461 e. The van der Waals surface area contributed by atoms with Gasteiger partial charge in [-0.05, 0) is 36.4 Å². The predicted octanol–water partition coefficient (Wildman–Crippen LogP) is 4.30. The maximum atomic E-state index is 11.1. The van der Waals surface area contributed by atoms with E-state index in [1.54, 1.807) is 30.1 Å². The van der Waals surface area contributed by atoms with E-state index in [0.29, 0.717) is 39.6 Å². The average Bonchev–Trinajstić information content (AvgIpc) is 3.69. The first-order chi connectivity index (χ1) is 19.3. The lowest BCUT2D eigenvalue weighted by Crippen LogP contribution is -2.22. The van der Waals surface area contributed by atoms with Crippen molar-refractivity contribution in [2.45, 2.75) is 0 Å². The van der Waals surface area contributed by atoms with E-state index in [2.05, 4.69) is 35.8 Å². The molecular weight excluding hydrogens is 522 g/mol. The number of aliphatic imine (C=N–C) groups is 1. The lowest BCUT2D eigenvalue weighted by atomic mass is 10.3. The van der Waals surface area contributed by atoms with Gasteiger partial charge in [0.25, 0.3) is 17.3 Å². The van der Waals surface area contributed by atoms with Gasteiger partial charge in [-0.2, -0.15) is 19.6 Å². The van der Waals surface area contributed by atoms with Gasteiger partial charge in [-0.3, -0.25) is 24.9 Å². The van der Waals surface area contributed by atoms with E-state index >= 15 is 0 Å². The standard InChI is InChI=1S/C24H17N11O5/c1-32-13-18-20(30-32)28-24(33-22(18)27-21(31-33)19-3-2-12-40-19)29-23(25-14-4-8-16(9-5-14)34(36)37)26-15-6-10-17(11-7-15)35(38)39/h2-13H,1H3,(H2,25,26,28,29,30).